The number of fused-ring (bicyclic) bond motifs is 1. The van der Waals surface area contributed by atoms with E-state index in [9.17, 15) is 0 Å². The minimum atomic E-state index is 0.473. The summed E-state index contributed by atoms with van der Waals surface area (Å²) in [7, 11) is 0. The first kappa shape index (κ1) is 11.5. The average molecular weight is 244 g/mol. The van der Waals surface area contributed by atoms with E-state index >= 15 is 0 Å². The fourth-order valence-corrected chi connectivity index (χ4v) is 2.80. The Morgan fingerprint density at radius 2 is 2.44 bits per heavy atom. The Balaban J connectivity index is 1.69. The minimum Gasteiger partial charge on any atom is -0.382 e. The molecule has 1 fully saturated rings. The molecule has 4 heteroatoms. The van der Waals surface area contributed by atoms with Crippen molar-refractivity contribution in [2.24, 2.45) is 0 Å². The predicted octanol–water partition coefficient (Wildman–Crippen LogP) is 2.51. The molecule has 3 N–H and O–H groups in total. The van der Waals surface area contributed by atoms with Crippen molar-refractivity contribution in [2.75, 3.05) is 11.9 Å². The lowest BCUT2D eigenvalue weighted by Crippen LogP contribution is -2.29. The molecule has 1 aliphatic rings. The highest BCUT2D eigenvalue weighted by molar-refractivity contribution is 5.90. The van der Waals surface area contributed by atoms with Crippen LogP contribution in [-0.2, 0) is 0 Å². The summed E-state index contributed by atoms with van der Waals surface area (Å²) in [6, 6.07) is 7.38. The predicted molar refractivity (Wildman–Crippen MR) is 74.8 cm³/mol. The van der Waals surface area contributed by atoms with Crippen LogP contribution in [0.15, 0.2) is 24.4 Å². The Kier molecular flexibility index (Phi) is 3.19. The Morgan fingerprint density at radius 1 is 1.50 bits per heavy atom. The van der Waals surface area contributed by atoms with Gasteiger partial charge in [-0.2, -0.15) is 5.10 Å². The highest BCUT2D eigenvalue weighted by atomic mass is 15.1. The molecular formula is C14H20N4. The number of nitrogens with one attached hydrogen (secondary N) is 3. The van der Waals surface area contributed by atoms with Crippen molar-refractivity contribution in [1.29, 1.82) is 0 Å². The van der Waals surface area contributed by atoms with Crippen LogP contribution in [-0.4, -0.2) is 28.8 Å². The Bertz CT molecular complexity index is 513. The summed E-state index contributed by atoms with van der Waals surface area (Å²) in [5, 5.41) is 15.4. The van der Waals surface area contributed by atoms with E-state index in [1.54, 1.807) is 0 Å². The molecule has 2 atom stereocenters. The van der Waals surface area contributed by atoms with Gasteiger partial charge in [0.1, 0.15) is 0 Å². The van der Waals surface area contributed by atoms with Crippen molar-refractivity contribution in [3.63, 3.8) is 0 Å². The molecule has 1 saturated heterocycles. The normalized spacial score (nSPS) is 21.3. The van der Waals surface area contributed by atoms with E-state index in [4.69, 9.17) is 0 Å². The molecular weight excluding hydrogens is 224 g/mol. The third-order valence-electron chi connectivity index (χ3n) is 3.69. The number of anilines is 1. The topological polar surface area (TPSA) is 52.7 Å². The average Bonchev–Trinajstić information content (AvgIpc) is 2.99. The molecule has 18 heavy (non-hydrogen) atoms. The van der Waals surface area contributed by atoms with Gasteiger partial charge >= 0.3 is 0 Å². The Labute approximate surface area is 107 Å². The van der Waals surface area contributed by atoms with E-state index in [0.29, 0.717) is 12.1 Å². The molecule has 0 radical (unpaired) electrons. The maximum atomic E-state index is 4.10. The van der Waals surface area contributed by atoms with Crippen molar-refractivity contribution < 1.29 is 0 Å². The van der Waals surface area contributed by atoms with Crippen molar-refractivity contribution >= 4 is 16.6 Å². The van der Waals surface area contributed by atoms with Crippen LogP contribution in [0, 0.1) is 0 Å². The Morgan fingerprint density at radius 3 is 3.28 bits per heavy atom. The molecule has 2 aromatic rings. The molecule has 2 heterocycles. The van der Waals surface area contributed by atoms with Crippen molar-refractivity contribution in [3.05, 3.63) is 24.4 Å². The van der Waals surface area contributed by atoms with Gasteiger partial charge in [-0.05, 0) is 44.9 Å². The lowest BCUT2D eigenvalue weighted by Gasteiger charge is -2.19. The quantitative estimate of drug-likeness (QED) is 0.774. The molecule has 3 rings (SSSR count). The van der Waals surface area contributed by atoms with Gasteiger partial charge < -0.3 is 10.6 Å². The third-order valence-corrected chi connectivity index (χ3v) is 3.69. The fourth-order valence-electron chi connectivity index (χ4n) is 2.80. The van der Waals surface area contributed by atoms with Gasteiger partial charge in [0, 0.05) is 23.2 Å². The molecule has 0 spiro atoms. The second kappa shape index (κ2) is 4.98. The molecule has 0 saturated carbocycles. The largest absolute Gasteiger partial charge is 0.382 e. The van der Waals surface area contributed by atoms with Crippen LogP contribution >= 0.6 is 0 Å². The zero-order chi connectivity index (χ0) is 12.4. The van der Waals surface area contributed by atoms with Gasteiger partial charge in [-0.25, -0.2) is 0 Å². The highest BCUT2D eigenvalue weighted by Crippen LogP contribution is 2.23. The molecule has 1 aromatic heterocycles. The summed E-state index contributed by atoms with van der Waals surface area (Å²) in [4.78, 5) is 0. The molecule has 4 nitrogen and oxygen atoms in total. The van der Waals surface area contributed by atoms with Gasteiger partial charge in [-0.1, -0.05) is 6.07 Å². The zero-order valence-electron chi connectivity index (χ0n) is 10.7. The smallest absolute Gasteiger partial charge is 0.0671 e. The molecule has 0 aliphatic carbocycles. The SMILES string of the molecule is CC(CC1CCCN1)Nc1cccc2[nH]ncc12. The van der Waals surface area contributed by atoms with Crippen LogP contribution < -0.4 is 10.6 Å². The first-order valence-corrected chi connectivity index (χ1v) is 6.75. The number of hydrogen-bond donors (Lipinski definition) is 3. The Hall–Kier alpha value is -1.55. The van der Waals surface area contributed by atoms with Gasteiger partial charge in [-0.3, -0.25) is 5.10 Å². The summed E-state index contributed by atoms with van der Waals surface area (Å²) in [6.07, 6.45) is 5.68. The van der Waals surface area contributed by atoms with E-state index in [1.807, 2.05) is 6.20 Å². The lowest BCUT2D eigenvalue weighted by atomic mass is 10.1. The standard InChI is InChI=1S/C14H20N4/c1-10(8-11-4-3-7-15-11)17-13-5-2-6-14-12(13)9-16-18-14/h2,5-6,9-11,15,17H,3-4,7-8H2,1H3,(H,16,18). The summed E-state index contributed by atoms with van der Waals surface area (Å²) < 4.78 is 0. The number of rotatable bonds is 4. The number of H-pyrrole nitrogens is 1. The minimum absolute atomic E-state index is 0.473. The second-order valence-corrected chi connectivity index (χ2v) is 5.21. The summed E-state index contributed by atoms with van der Waals surface area (Å²) in [5.41, 5.74) is 2.26. The zero-order valence-corrected chi connectivity index (χ0v) is 10.7. The number of hydrogen-bond acceptors (Lipinski definition) is 3. The van der Waals surface area contributed by atoms with Crippen molar-refractivity contribution in [2.45, 2.75) is 38.3 Å². The van der Waals surface area contributed by atoms with Gasteiger partial charge in [0.05, 0.1) is 11.7 Å². The molecule has 96 valence electrons. The van der Waals surface area contributed by atoms with Gasteiger partial charge in [0.2, 0.25) is 0 Å². The third kappa shape index (κ3) is 2.34. The van der Waals surface area contributed by atoms with Crippen molar-refractivity contribution in [1.82, 2.24) is 15.5 Å². The fraction of sp³-hybridized carbons (Fsp3) is 0.500. The molecule has 1 aromatic carbocycles. The summed E-state index contributed by atoms with van der Waals surface area (Å²) >= 11 is 0. The van der Waals surface area contributed by atoms with E-state index in [-0.39, 0.29) is 0 Å². The van der Waals surface area contributed by atoms with Gasteiger partial charge in [0.15, 0.2) is 0 Å². The van der Waals surface area contributed by atoms with E-state index in [0.717, 1.165) is 5.52 Å². The first-order chi connectivity index (χ1) is 8.83. The van der Waals surface area contributed by atoms with Crippen LogP contribution in [0.5, 0.6) is 0 Å². The number of aromatic nitrogens is 2. The van der Waals surface area contributed by atoms with Crippen LogP contribution in [0.1, 0.15) is 26.2 Å². The molecule has 2 unspecified atom stereocenters. The second-order valence-electron chi connectivity index (χ2n) is 5.21. The number of nitrogens with zero attached hydrogens (tertiary/aromatic N) is 1. The van der Waals surface area contributed by atoms with Crippen LogP contribution in [0.2, 0.25) is 0 Å². The van der Waals surface area contributed by atoms with Gasteiger partial charge in [0.25, 0.3) is 0 Å². The summed E-state index contributed by atoms with van der Waals surface area (Å²) in [5.74, 6) is 0. The van der Waals surface area contributed by atoms with E-state index in [1.165, 1.54) is 36.9 Å². The first-order valence-electron chi connectivity index (χ1n) is 6.75. The van der Waals surface area contributed by atoms with Crippen LogP contribution in [0.4, 0.5) is 5.69 Å². The number of aromatic amines is 1. The summed E-state index contributed by atoms with van der Waals surface area (Å²) in [6.45, 7) is 3.42. The molecule has 0 amide bonds. The van der Waals surface area contributed by atoms with E-state index < -0.39 is 0 Å². The van der Waals surface area contributed by atoms with Crippen molar-refractivity contribution in [3.8, 4) is 0 Å². The monoisotopic (exact) mass is 244 g/mol. The van der Waals surface area contributed by atoms with Crippen LogP contribution in [0.25, 0.3) is 10.9 Å². The molecule has 0 bridgehead atoms. The highest BCUT2D eigenvalue weighted by Gasteiger charge is 2.17. The number of benzene rings is 1. The maximum Gasteiger partial charge on any atom is 0.0671 e. The maximum absolute atomic E-state index is 4.10. The van der Waals surface area contributed by atoms with Gasteiger partial charge in [-0.15, -0.1) is 0 Å². The van der Waals surface area contributed by atoms with E-state index in [2.05, 4.69) is 46.0 Å². The lowest BCUT2D eigenvalue weighted by molar-refractivity contribution is 0.523. The van der Waals surface area contributed by atoms with Crippen LogP contribution in [0.3, 0.4) is 0 Å². The molecule has 1 aliphatic heterocycles.